The van der Waals surface area contributed by atoms with Gasteiger partial charge in [0.25, 0.3) is 0 Å². The van der Waals surface area contributed by atoms with Gasteiger partial charge in [-0.2, -0.15) is 0 Å². The third-order valence-electron chi connectivity index (χ3n) is 9.18. The van der Waals surface area contributed by atoms with E-state index in [1.165, 1.54) is 11.0 Å². The smallest absolute Gasteiger partial charge is 0.408 e. The molecule has 0 radical (unpaired) electrons. The van der Waals surface area contributed by atoms with E-state index in [0.29, 0.717) is 31.0 Å². The SMILES string of the molecule is CN(C)CCNC(=O)Cn1nnnc1C[C@H](O)[C@H](CC1CCCCC1)NC(=O)[C@H](Cc1cnc[nH]1)NC(=O)[C@H](Cc1ccccc1)NC(=O)OC(C)(C)C. The van der Waals surface area contributed by atoms with Crippen LogP contribution in [0.4, 0.5) is 4.79 Å². The number of aliphatic hydroxyl groups excluding tert-OH is 1. The summed E-state index contributed by atoms with van der Waals surface area (Å²) < 4.78 is 6.80. The van der Waals surface area contributed by atoms with E-state index in [1.54, 1.807) is 27.0 Å². The number of imidazole rings is 1. The first-order valence-electron chi connectivity index (χ1n) is 18.7. The van der Waals surface area contributed by atoms with E-state index in [9.17, 15) is 24.3 Å². The molecule has 4 atom stereocenters. The molecule has 1 aliphatic rings. The number of aromatic nitrogens is 6. The van der Waals surface area contributed by atoms with Crippen LogP contribution in [0, 0.1) is 5.92 Å². The lowest BCUT2D eigenvalue weighted by Gasteiger charge is -2.31. The Kier molecular flexibility index (Phi) is 15.9. The van der Waals surface area contributed by atoms with Gasteiger partial charge in [-0.25, -0.2) is 14.5 Å². The largest absolute Gasteiger partial charge is 0.444 e. The Hall–Kier alpha value is -4.90. The van der Waals surface area contributed by atoms with Crippen molar-refractivity contribution in [1.29, 1.82) is 0 Å². The van der Waals surface area contributed by atoms with Crippen LogP contribution >= 0.6 is 0 Å². The molecule has 0 unspecified atom stereocenters. The molecular weight excluding hydrogens is 694 g/mol. The summed E-state index contributed by atoms with van der Waals surface area (Å²) in [6, 6.07) is 6.33. The third-order valence-corrected chi connectivity index (χ3v) is 9.18. The van der Waals surface area contributed by atoms with Crippen LogP contribution in [0.2, 0.25) is 0 Å². The zero-order valence-corrected chi connectivity index (χ0v) is 32.1. The molecule has 0 saturated heterocycles. The van der Waals surface area contributed by atoms with Crippen molar-refractivity contribution in [3.05, 3.63) is 59.9 Å². The molecular formula is C37H57N11O6. The molecule has 0 bridgehead atoms. The predicted octanol–water partition coefficient (Wildman–Crippen LogP) is 1.30. The van der Waals surface area contributed by atoms with Gasteiger partial charge >= 0.3 is 6.09 Å². The monoisotopic (exact) mass is 751 g/mol. The molecule has 0 spiro atoms. The van der Waals surface area contributed by atoms with Gasteiger partial charge in [-0.3, -0.25) is 14.4 Å². The molecule has 0 aliphatic heterocycles. The van der Waals surface area contributed by atoms with Crippen molar-refractivity contribution < 1.29 is 29.0 Å². The maximum absolute atomic E-state index is 14.2. The van der Waals surface area contributed by atoms with E-state index in [4.69, 9.17) is 4.74 Å². The molecule has 17 nitrogen and oxygen atoms in total. The molecule has 1 saturated carbocycles. The maximum atomic E-state index is 14.2. The average Bonchev–Trinajstić information content (AvgIpc) is 3.79. The highest BCUT2D eigenvalue weighted by Gasteiger charge is 2.33. The first-order valence-corrected chi connectivity index (χ1v) is 18.7. The summed E-state index contributed by atoms with van der Waals surface area (Å²) in [5.74, 6) is -0.806. The summed E-state index contributed by atoms with van der Waals surface area (Å²) in [6.07, 6.45) is 7.07. The second-order valence-electron chi connectivity index (χ2n) is 15.3. The summed E-state index contributed by atoms with van der Waals surface area (Å²) in [5.41, 5.74) is 0.603. The number of benzene rings is 1. The maximum Gasteiger partial charge on any atom is 0.408 e. The lowest BCUT2D eigenvalue weighted by molar-refractivity contribution is -0.131. The quantitative estimate of drug-likeness (QED) is 0.103. The molecule has 17 heteroatoms. The van der Waals surface area contributed by atoms with Crippen molar-refractivity contribution in [2.75, 3.05) is 27.2 Å². The molecule has 4 amide bonds. The van der Waals surface area contributed by atoms with E-state index in [0.717, 1.165) is 37.7 Å². The number of ether oxygens (including phenoxy) is 1. The Balaban J connectivity index is 1.53. The van der Waals surface area contributed by atoms with E-state index in [2.05, 4.69) is 46.8 Å². The number of likely N-dealkylation sites (N-methyl/N-ethyl adjacent to an activating group) is 1. The highest BCUT2D eigenvalue weighted by Crippen LogP contribution is 2.28. The van der Waals surface area contributed by atoms with Gasteiger partial charge in [-0.1, -0.05) is 62.4 Å². The lowest BCUT2D eigenvalue weighted by Crippen LogP contribution is -2.58. The van der Waals surface area contributed by atoms with Crippen molar-refractivity contribution >= 4 is 23.8 Å². The number of alkyl carbamates (subject to hydrolysis) is 1. The fourth-order valence-electron chi connectivity index (χ4n) is 6.42. The van der Waals surface area contributed by atoms with Crippen LogP contribution in [-0.2, 0) is 44.9 Å². The number of H-pyrrole nitrogens is 1. The van der Waals surface area contributed by atoms with Crippen molar-refractivity contribution in [3.8, 4) is 0 Å². The number of nitrogens with zero attached hydrogens (tertiary/aromatic N) is 6. The average molecular weight is 752 g/mol. The molecule has 1 aliphatic carbocycles. The molecule has 3 aromatic rings. The molecule has 4 rings (SSSR count). The fraction of sp³-hybridized carbons (Fsp3) is 0.622. The van der Waals surface area contributed by atoms with Crippen molar-refractivity contribution in [2.45, 2.75) is 115 Å². The third kappa shape index (κ3) is 14.5. The summed E-state index contributed by atoms with van der Waals surface area (Å²) in [5, 5.41) is 34.9. The number of nitrogens with one attached hydrogen (secondary N) is 5. The molecule has 6 N–H and O–H groups in total. The van der Waals surface area contributed by atoms with Crippen molar-refractivity contribution in [1.82, 2.24) is 56.3 Å². The summed E-state index contributed by atoms with van der Waals surface area (Å²) in [7, 11) is 3.82. The zero-order valence-electron chi connectivity index (χ0n) is 32.1. The number of carbonyl (C=O) groups is 4. The Morgan fingerprint density at radius 3 is 2.35 bits per heavy atom. The van der Waals surface area contributed by atoms with Gasteiger partial charge in [-0.15, -0.1) is 5.10 Å². The molecule has 2 heterocycles. The summed E-state index contributed by atoms with van der Waals surface area (Å²) in [6.45, 7) is 6.19. The second-order valence-corrected chi connectivity index (χ2v) is 15.3. The fourth-order valence-corrected chi connectivity index (χ4v) is 6.42. The normalized spacial score (nSPS) is 15.8. The molecule has 1 fully saturated rings. The van der Waals surface area contributed by atoms with Gasteiger partial charge in [0, 0.05) is 44.2 Å². The number of aliphatic hydroxyl groups is 1. The van der Waals surface area contributed by atoms with Gasteiger partial charge in [0.2, 0.25) is 17.7 Å². The van der Waals surface area contributed by atoms with Crippen LogP contribution in [-0.4, -0.2) is 121 Å². The van der Waals surface area contributed by atoms with E-state index in [-0.39, 0.29) is 37.6 Å². The summed E-state index contributed by atoms with van der Waals surface area (Å²) in [4.78, 5) is 62.7. The minimum Gasteiger partial charge on any atom is -0.444 e. The molecule has 1 aromatic carbocycles. The molecule has 54 heavy (non-hydrogen) atoms. The standard InChI is InChI=1S/C37H57N11O6/c1-37(2,3)54-36(53)43-29(19-26-14-10-7-11-15-26)34(51)42-30(20-27-22-38-24-40-27)35(52)41-28(18-25-12-8-6-9-13-25)31(49)21-32-44-45-46-48(32)23-33(50)39-16-17-47(4)5/h7,10-11,14-15,22,24-25,28-31,49H,6,8-9,12-13,16-21,23H2,1-5H3,(H,38,40)(H,39,50)(H,41,52)(H,42,51)(H,43,53)/t28-,29-,30-,31-/m0/s1. The van der Waals surface area contributed by atoms with Gasteiger partial charge in [0.15, 0.2) is 5.82 Å². The van der Waals surface area contributed by atoms with E-state index in [1.807, 2.05) is 49.3 Å². The molecule has 296 valence electrons. The predicted molar refractivity (Wildman–Crippen MR) is 200 cm³/mol. The number of rotatable bonds is 19. The number of aromatic amines is 1. The van der Waals surface area contributed by atoms with Crippen LogP contribution in [0.3, 0.4) is 0 Å². The Morgan fingerprint density at radius 1 is 0.981 bits per heavy atom. The zero-order chi connectivity index (χ0) is 39.1. The first-order chi connectivity index (χ1) is 25.8. The van der Waals surface area contributed by atoms with Crippen LogP contribution < -0.4 is 21.3 Å². The number of hydrogen-bond donors (Lipinski definition) is 6. The van der Waals surface area contributed by atoms with Gasteiger partial charge < -0.3 is 41.0 Å². The Bertz CT molecular complexity index is 1600. The molecule has 2 aromatic heterocycles. The van der Waals surface area contributed by atoms with Gasteiger partial charge in [0.1, 0.15) is 24.2 Å². The van der Waals surface area contributed by atoms with Crippen LogP contribution in [0.15, 0.2) is 42.9 Å². The van der Waals surface area contributed by atoms with Crippen molar-refractivity contribution in [3.63, 3.8) is 0 Å². The minimum absolute atomic E-state index is 0.0217. The van der Waals surface area contributed by atoms with Gasteiger partial charge in [0.05, 0.1) is 18.5 Å². The number of tetrazole rings is 1. The number of amides is 4. The van der Waals surface area contributed by atoms with E-state index >= 15 is 0 Å². The minimum atomic E-state index is -1.11. The van der Waals surface area contributed by atoms with Gasteiger partial charge in [-0.05, 0) is 63.2 Å². The van der Waals surface area contributed by atoms with Crippen LogP contribution in [0.1, 0.15) is 76.4 Å². The highest BCUT2D eigenvalue weighted by atomic mass is 16.6. The van der Waals surface area contributed by atoms with E-state index < -0.39 is 47.7 Å². The number of hydrogen-bond acceptors (Lipinski definition) is 11. The Labute approximate surface area is 316 Å². The lowest BCUT2D eigenvalue weighted by atomic mass is 9.83. The van der Waals surface area contributed by atoms with Crippen LogP contribution in [0.5, 0.6) is 0 Å². The first kappa shape index (κ1) is 41.9. The van der Waals surface area contributed by atoms with Crippen LogP contribution in [0.25, 0.3) is 0 Å². The van der Waals surface area contributed by atoms with Crippen molar-refractivity contribution in [2.24, 2.45) is 5.92 Å². The summed E-state index contributed by atoms with van der Waals surface area (Å²) >= 11 is 0. The second kappa shape index (κ2) is 20.5. The Morgan fingerprint density at radius 2 is 1.69 bits per heavy atom. The number of carbonyl (C=O) groups excluding carboxylic acids is 4. The highest BCUT2D eigenvalue weighted by molar-refractivity contribution is 5.91. The topological polar surface area (TPSA) is 221 Å².